The van der Waals surface area contributed by atoms with Crippen LogP contribution in [0.25, 0.3) is 0 Å². The Balaban J connectivity index is 1.32. The fourth-order valence-electron chi connectivity index (χ4n) is 3.38. The van der Waals surface area contributed by atoms with Gasteiger partial charge in [-0.15, -0.1) is 5.10 Å². The minimum absolute atomic E-state index is 0.267. The Labute approximate surface area is 134 Å². The highest BCUT2D eigenvalue weighted by atomic mass is 32.2. The Morgan fingerprint density at radius 1 is 1.27 bits per heavy atom. The third kappa shape index (κ3) is 3.12. The van der Waals surface area contributed by atoms with Gasteiger partial charge in [0.2, 0.25) is 5.16 Å². The van der Waals surface area contributed by atoms with Gasteiger partial charge in [0.05, 0.1) is 24.5 Å². The molecule has 22 heavy (non-hydrogen) atoms. The molecule has 0 saturated carbocycles. The number of aromatic nitrogens is 4. The van der Waals surface area contributed by atoms with Crippen molar-refractivity contribution in [2.24, 2.45) is 4.99 Å². The van der Waals surface area contributed by atoms with Gasteiger partial charge in [0.15, 0.2) is 0 Å². The third-order valence-electron chi connectivity index (χ3n) is 4.51. The SMILES string of the molecule is C1CCN2CC(CSc3nnnn3CC3CCCO3)N=C2C1. The van der Waals surface area contributed by atoms with Crippen LogP contribution in [0.2, 0.25) is 0 Å². The fourth-order valence-corrected chi connectivity index (χ4v) is 4.25. The van der Waals surface area contributed by atoms with Crippen LogP contribution < -0.4 is 0 Å². The van der Waals surface area contributed by atoms with E-state index in [0.717, 1.165) is 49.9 Å². The van der Waals surface area contributed by atoms with Crippen molar-refractivity contribution in [2.45, 2.75) is 56.0 Å². The fraction of sp³-hybridized carbons (Fsp3) is 0.857. The number of piperidine rings is 1. The Kier molecular flexibility index (Phi) is 4.29. The van der Waals surface area contributed by atoms with Crippen molar-refractivity contribution in [1.82, 2.24) is 25.1 Å². The number of amidine groups is 1. The number of tetrazole rings is 1. The van der Waals surface area contributed by atoms with Crippen LogP contribution in [0.4, 0.5) is 0 Å². The van der Waals surface area contributed by atoms with Crippen molar-refractivity contribution in [3.63, 3.8) is 0 Å². The molecule has 4 heterocycles. The summed E-state index contributed by atoms with van der Waals surface area (Å²) in [7, 11) is 0. The Hall–Kier alpha value is -1.15. The van der Waals surface area contributed by atoms with Gasteiger partial charge in [-0.2, -0.15) is 0 Å². The van der Waals surface area contributed by atoms with Crippen LogP contribution in [0.1, 0.15) is 32.1 Å². The summed E-state index contributed by atoms with van der Waals surface area (Å²) < 4.78 is 7.55. The summed E-state index contributed by atoms with van der Waals surface area (Å²) >= 11 is 1.72. The number of aliphatic imine (C=N–C) groups is 1. The van der Waals surface area contributed by atoms with Crippen LogP contribution in [0.15, 0.2) is 10.1 Å². The molecule has 4 rings (SSSR count). The monoisotopic (exact) mass is 322 g/mol. The van der Waals surface area contributed by atoms with Gasteiger partial charge in [-0.25, -0.2) is 4.68 Å². The summed E-state index contributed by atoms with van der Waals surface area (Å²) in [6, 6.07) is 0.381. The van der Waals surface area contributed by atoms with E-state index in [1.54, 1.807) is 11.8 Å². The first-order valence-electron chi connectivity index (χ1n) is 8.21. The van der Waals surface area contributed by atoms with E-state index >= 15 is 0 Å². The number of fused-ring (bicyclic) bond motifs is 1. The lowest BCUT2D eigenvalue weighted by molar-refractivity contribution is 0.0912. The van der Waals surface area contributed by atoms with Crippen molar-refractivity contribution in [3.05, 3.63) is 0 Å². The molecule has 0 aromatic carbocycles. The standard InChI is InChI=1S/C14H22N6OS/c1-2-6-19-8-11(15-13(19)5-1)10-22-14-16-17-18-20(14)9-12-4-3-7-21-12/h11-12H,1-10H2. The van der Waals surface area contributed by atoms with Gasteiger partial charge in [0, 0.05) is 31.9 Å². The van der Waals surface area contributed by atoms with E-state index in [1.165, 1.54) is 25.2 Å². The number of hydrogen-bond acceptors (Lipinski definition) is 7. The first kappa shape index (κ1) is 14.4. The molecule has 0 N–H and O–H groups in total. The van der Waals surface area contributed by atoms with E-state index in [0.29, 0.717) is 6.04 Å². The van der Waals surface area contributed by atoms with E-state index in [9.17, 15) is 0 Å². The molecule has 120 valence electrons. The third-order valence-corrected chi connectivity index (χ3v) is 5.61. The largest absolute Gasteiger partial charge is 0.376 e. The Morgan fingerprint density at radius 2 is 2.27 bits per heavy atom. The summed E-state index contributed by atoms with van der Waals surface area (Å²) in [6.07, 6.45) is 6.26. The normalized spacial score (nSPS) is 28.0. The Bertz CT molecular complexity index is 541. The maximum absolute atomic E-state index is 5.67. The average molecular weight is 322 g/mol. The van der Waals surface area contributed by atoms with Crippen molar-refractivity contribution >= 4 is 17.6 Å². The van der Waals surface area contributed by atoms with Gasteiger partial charge in [0.1, 0.15) is 0 Å². The molecule has 0 aliphatic carbocycles. The van der Waals surface area contributed by atoms with E-state index in [4.69, 9.17) is 9.73 Å². The van der Waals surface area contributed by atoms with Crippen LogP contribution in [0.5, 0.6) is 0 Å². The van der Waals surface area contributed by atoms with Gasteiger partial charge in [-0.3, -0.25) is 4.99 Å². The minimum atomic E-state index is 0.267. The highest BCUT2D eigenvalue weighted by Crippen LogP contribution is 2.24. The lowest BCUT2D eigenvalue weighted by Crippen LogP contribution is -2.33. The predicted octanol–water partition coefficient (Wildman–Crippen LogP) is 1.21. The maximum atomic E-state index is 5.67. The number of thioether (sulfide) groups is 1. The van der Waals surface area contributed by atoms with Crippen LogP contribution in [-0.4, -0.2) is 68.5 Å². The summed E-state index contributed by atoms with van der Waals surface area (Å²) in [6.45, 7) is 3.87. The van der Waals surface area contributed by atoms with E-state index in [2.05, 4.69) is 20.4 Å². The van der Waals surface area contributed by atoms with Gasteiger partial charge < -0.3 is 9.64 Å². The average Bonchev–Trinajstić information content (AvgIpc) is 3.26. The number of rotatable bonds is 5. The second-order valence-electron chi connectivity index (χ2n) is 6.19. The van der Waals surface area contributed by atoms with Crippen molar-refractivity contribution < 1.29 is 4.74 Å². The summed E-state index contributed by atoms with van der Waals surface area (Å²) in [5.74, 6) is 2.27. The highest BCUT2D eigenvalue weighted by Gasteiger charge is 2.27. The summed E-state index contributed by atoms with van der Waals surface area (Å²) in [5, 5.41) is 13.0. The summed E-state index contributed by atoms with van der Waals surface area (Å²) in [5.41, 5.74) is 0. The quantitative estimate of drug-likeness (QED) is 0.759. The molecular weight excluding hydrogens is 300 g/mol. The molecule has 0 bridgehead atoms. The van der Waals surface area contributed by atoms with Gasteiger partial charge >= 0.3 is 0 Å². The zero-order valence-electron chi connectivity index (χ0n) is 12.7. The number of hydrogen-bond donors (Lipinski definition) is 0. The first-order chi connectivity index (χ1) is 10.9. The number of nitrogens with zero attached hydrogens (tertiary/aromatic N) is 6. The van der Waals surface area contributed by atoms with Crippen molar-refractivity contribution in [1.29, 1.82) is 0 Å². The lowest BCUT2D eigenvalue weighted by atomic mass is 10.1. The molecule has 1 aromatic rings. The molecule has 0 radical (unpaired) electrons. The highest BCUT2D eigenvalue weighted by molar-refractivity contribution is 7.99. The van der Waals surface area contributed by atoms with Crippen molar-refractivity contribution in [2.75, 3.05) is 25.4 Å². The topological polar surface area (TPSA) is 68.4 Å². The van der Waals surface area contributed by atoms with Crippen molar-refractivity contribution in [3.8, 4) is 0 Å². The predicted molar refractivity (Wildman–Crippen MR) is 84.2 cm³/mol. The molecule has 0 amide bonds. The molecule has 3 aliphatic heterocycles. The molecule has 2 fully saturated rings. The molecule has 2 unspecified atom stereocenters. The van der Waals surface area contributed by atoms with Gasteiger partial charge in [-0.1, -0.05) is 11.8 Å². The smallest absolute Gasteiger partial charge is 0.209 e. The van der Waals surface area contributed by atoms with Crippen LogP contribution in [0.3, 0.4) is 0 Å². The van der Waals surface area contributed by atoms with E-state index < -0.39 is 0 Å². The molecule has 0 spiro atoms. The Morgan fingerprint density at radius 3 is 3.14 bits per heavy atom. The second-order valence-corrected chi connectivity index (χ2v) is 7.18. The lowest BCUT2D eigenvalue weighted by Gasteiger charge is -2.25. The second kappa shape index (κ2) is 6.54. The molecule has 8 heteroatoms. The van der Waals surface area contributed by atoms with Crippen LogP contribution in [-0.2, 0) is 11.3 Å². The zero-order valence-corrected chi connectivity index (χ0v) is 13.5. The molecule has 7 nitrogen and oxygen atoms in total. The van der Waals surface area contributed by atoms with Gasteiger partial charge in [0.25, 0.3) is 0 Å². The molecular formula is C14H22N6OS. The van der Waals surface area contributed by atoms with Crippen LogP contribution in [0, 0.1) is 0 Å². The molecule has 2 saturated heterocycles. The zero-order chi connectivity index (χ0) is 14.8. The maximum Gasteiger partial charge on any atom is 0.209 e. The summed E-state index contributed by atoms with van der Waals surface area (Å²) in [4.78, 5) is 7.31. The molecule has 1 aromatic heterocycles. The van der Waals surface area contributed by atoms with Crippen LogP contribution >= 0.6 is 11.8 Å². The number of ether oxygens (including phenoxy) is 1. The van der Waals surface area contributed by atoms with E-state index in [-0.39, 0.29) is 6.10 Å². The molecule has 2 atom stereocenters. The first-order valence-corrected chi connectivity index (χ1v) is 9.19. The van der Waals surface area contributed by atoms with E-state index in [1.807, 2.05) is 4.68 Å². The molecule has 3 aliphatic rings. The minimum Gasteiger partial charge on any atom is -0.376 e. The van der Waals surface area contributed by atoms with Gasteiger partial charge in [-0.05, 0) is 36.1 Å².